The molecule has 240 valence electrons. The van der Waals surface area contributed by atoms with Gasteiger partial charge in [0, 0.05) is 81.6 Å². The number of benzene rings is 1. The molecule has 4 aromatic heterocycles. The average Bonchev–Trinajstić information content (AvgIpc) is 3.84. The van der Waals surface area contributed by atoms with E-state index in [0.29, 0.717) is 67.3 Å². The maximum Gasteiger partial charge on any atom is 0.320 e. The molecule has 2 fully saturated rings. The summed E-state index contributed by atoms with van der Waals surface area (Å²) in [5.41, 5.74) is 6.32. The van der Waals surface area contributed by atoms with Gasteiger partial charge in [-0.15, -0.1) is 0 Å². The number of hydrogen-bond acceptors (Lipinski definition) is 10. The molecule has 13 heteroatoms. The molecule has 2 amide bonds. The molecule has 0 aliphatic carbocycles. The van der Waals surface area contributed by atoms with Gasteiger partial charge in [-0.25, -0.2) is 24.7 Å². The molecule has 0 bridgehead atoms. The van der Waals surface area contributed by atoms with Crippen molar-refractivity contribution in [2.24, 2.45) is 0 Å². The molecule has 0 saturated carbocycles. The van der Waals surface area contributed by atoms with Gasteiger partial charge in [0.25, 0.3) is 0 Å². The Morgan fingerprint density at radius 3 is 2.38 bits per heavy atom. The van der Waals surface area contributed by atoms with Crippen LogP contribution in [0.5, 0.6) is 0 Å². The molecule has 6 heterocycles. The molecule has 0 radical (unpaired) electrons. The van der Waals surface area contributed by atoms with Crippen LogP contribution in [0.1, 0.15) is 29.5 Å². The second kappa shape index (κ2) is 12.6. The molecule has 1 aromatic carbocycles. The first-order valence-electron chi connectivity index (χ1n) is 15.8. The molecular formula is C34H36N10O2S. The minimum Gasteiger partial charge on any atom is -0.391 e. The summed E-state index contributed by atoms with van der Waals surface area (Å²) in [6.07, 6.45) is 6.67. The van der Waals surface area contributed by atoms with Crippen molar-refractivity contribution in [1.29, 1.82) is 5.26 Å². The lowest BCUT2D eigenvalue weighted by atomic mass is 10.1. The van der Waals surface area contributed by atoms with Gasteiger partial charge < -0.3 is 24.7 Å². The lowest BCUT2D eigenvalue weighted by Gasteiger charge is -2.36. The van der Waals surface area contributed by atoms with Gasteiger partial charge in [0.2, 0.25) is 5.95 Å². The van der Waals surface area contributed by atoms with E-state index in [1.807, 2.05) is 78.8 Å². The topological polar surface area (TPSA) is 130 Å². The van der Waals surface area contributed by atoms with Crippen molar-refractivity contribution in [3.63, 3.8) is 0 Å². The van der Waals surface area contributed by atoms with E-state index in [4.69, 9.17) is 19.9 Å². The summed E-state index contributed by atoms with van der Waals surface area (Å²) in [5.74, 6) is 1.53. The predicted molar refractivity (Wildman–Crippen MR) is 182 cm³/mol. The highest BCUT2D eigenvalue weighted by Gasteiger charge is 2.30. The smallest absolute Gasteiger partial charge is 0.320 e. The Labute approximate surface area is 277 Å². The Morgan fingerprint density at radius 2 is 1.72 bits per heavy atom. The van der Waals surface area contributed by atoms with Crippen molar-refractivity contribution in [2.75, 3.05) is 56.1 Å². The number of carbonyl (C=O) groups is 1. The summed E-state index contributed by atoms with van der Waals surface area (Å²) in [5, 5.41) is 20.4. The summed E-state index contributed by atoms with van der Waals surface area (Å²) in [6, 6.07) is 14.4. The molecule has 0 unspecified atom stereocenters. The molecule has 2 aliphatic heterocycles. The van der Waals surface area contributed by atoms with Crippen LogP contribution >= 0.6 is 11.3 Å². The maximum atomic E-state index is 12.8. The number of hydrogen-bond donors (Lipinski definition) is 1. The van der Waals surface area contributed by atoms with Crippen molar-refractivity contribution in [1.82, 2.24) is 34.1 Å². The first-order valence-corrected chi connectivity index (χ1v) is 16.7. The van der Waals surface area contributed by atoms with Gasteiger partial charge in [0.1, 0.15) is 28.1 Å². The largest absolute Gasteiger partial charge is 0.391 e. The number of thiazole rings is 1. The number of likely N-dealkylation sites (tertiary alicyclic amines) is 1. The Hall–Kier alpha value is -5.06. The number of amides is 2. The summed E-state index contributed by atoms with van der Waals surface area (Å²) >= 11 is 1.37. The fraction of sp³-hybridized carbons (Fsp3) is 0.353. The normalized spacial score (nSPS) is 16.6. The second-order valence-electron chi connectivity index (χ2n) is 12.0. The number of pyridine rings is 1. The van der Waals surface area contributed by atoms with Crippen LogP contribution in [0.4, 0.5) is 21.7 Å². The first kappa shape index (κ1) is 30.6. The number of fused-ring (bicyclic) bond motifs is 1. The Bertz CT molecular complexity index is 1960. The molecule has 47 heavy (non-hydrogen) atoms. The van der Waals surface area contributed by atoms with Crippen LogP contribution in [-0.4, -0.2) is 97.7 Å². The molecule has 7 rings (SSSR count). The number of carbonyl (C=O) groups excluding carboxylic acids is 1. The molecule has 0 spiro atoms. The quantitative estimate of drug-likeness (QED) is 0.278. The number of aromatic nitrogens is 5. The minimum atomic E-state index is -0.420. The Balaban J connectivity index is 1.11. The van der Waals surface area contributed by atoms with Crippen LogP contribution in [0, 0.1) is 18.3 Å². The number of urea groups is 1. The van der Waals surface area contributed by atoms with Gasteiger partial charge in [-0.05, 0) is 31.9 Å². The van der Waals surface area contributed by atoms with Crippen LogP contribution in [0.3, 0.4) is 0 Å². The van der Waals surface area contributed by atoms with E-state index >= 15 is 0 Å². The van der Waals surface area contributed by atoms with E-state index < -0.39 is 6.10 Å². The highest BCUT2D eigenvalue weighted by molar-refractivity contribution is 7.16. The lowest BCUT2D eigenvalue weighted by molar-refractivity contribution is 0.144. The van der Waals surface area contributed by atoms with E-state index in [9.17, 15) is 15.2 Å². The number of aliphatic hydroxyl groups excluding tert-OH is 1. The number of rotatable bonds is 6. The van der Waals surface area contributed by atoms with E-state index in [-0.39, 0.29) is 6.03 Å². The molecule has 5 aromatic rings. The minimum absolute atomic E-state index is 0.00400. The number of β-amino-alcohol motifs (C(OH)–C–C–N with tert-alkyl or cyclic N) is 1. The molecule has 1 atom stereocenters. The van der Waals surface area contributed by atoms with Gasteiger partial charge in [0.05, 0.1) is 11.8 Å². The van der Waals surface area contributed by atoms with Gasteiger partial charge in [0.15, 0.2) is 5.13 Å². The zero-order valence-corrected chi connectivity index (χ0v) is 27.5. The van der Waals surface area contributed by atoms with Crippen molar-refractivity contribution < 1.29 is 9.90 Å². The van der Waals surface area contributed by atoms with Gasteiger partial charge in [-0.2, -0.15) is 5.26 Å². The predicted octanol–water partition coefficient (Wildman–Crippen LogP) is 4.73. The molecular weight excluding hydrogens is 613 g/mol. The standard InChI is InChI=1S/C34H36N10O2S/c1-4-27-31(40(3)33-39-30(28(17-35)47-33)23-7-5-22(2)6-8-23)44-20-24(9-10-29(44)38-27)25-18-36-32(37-19-25)41-13-15-42(16-14-41)34(46)43-12-11-26(45)21-43/h5-10,18-20,26,45H,4,11-16,21H2,1-3H3/t26-/m0/s1. The SMILES string of the molecule is CCc1nc2ccc(-c3cnc(N4CCN(C(=O)N5CC[C@H](O)C5)CC4)nc3)cn2c1N(C)c1nc(-c2ccc(C)cc2)c(C#N)s1. The average molecular weight is 649 g/mol. The number of imidazole rings is 1. The Kier molecular flexibility index (Phi) is 8.21. The number of aryl methyl sites for hydroxylation is 2. The van der Waals surface area contributed by atoms with Crippen LogP contribution in [0.2, 0.25) is 0 Å². The van der Waals surface area contributed by atoms with Gasteiger partial charge >= 0.3 is 6.03 Å². The van der Waals surface area contributed by atoms with Crippen molar-refractivity contribution in [3.05, 3.63) is 71.1 Å². The summed E-state index contributed by atoms with van der Waals surface area (Å²) in [4.78, 5) is 40.3. The van der Waals surface area contributed by atoms with E-state index in [1.165, 1.54) is 11.3 Å². The molecule has 2 aliphatic rings. The number of nitriles is 1. The third-order valence-corrected chi connectivity index (χ3v) is 9.92. The summed E-state index contributed by atoms with van der Waals surface area (Å²) in [7, 11) is 1.97. The lowest BCUT2D eigenvalue weighted by Crippen LogP contribution is -2.53. The van der Waals surface area contributed by atoms with E-state index in [1.54, 1.807) is 4.90 Å². The highest BCUT2D eigenvalue weighted by Crippen LogP contribution is 2.37. The molecule has 2 saturated heterocycles. The van der Waals surface area contributed by atoms with Crippen molar-refractivity contribution >= 4 is 39.9 Å². The number of nitrogens with zero attached hydrogens (tertiary/aromatic N) is 10. The fourth-order valence-corrected chi connectivity index (χ4v) is 7.07. The third-order valence-electron chi connectivity index (χ3n) is 8.88. The van der Waals surface area contributed by atoms with Crippen LogP contribution in [-0.2, 0) is 6.42 Å². The van der Waals surface area contributed by atoms with Crippen molar-refractivity contribution in [3.8, 4) is 28.5 Å². The van der Waals surface area contributed by atoms with Crippen molar-refractivity contribution in [2.45, 2.75) is 32.8 Å². The van der Waals surface area contributed by atoms with E-state index in [0.717, 1.165) is 45.8 Å². The zero-order valence-electron chi connectivity index (χ0n) is 26.7. The summed E-state index contributed by atoms with van der Waals surface area (Å²) in [6.45, 7) is 7.61. The van der Waals surface area contributed by atoms with Crippen LogP contribution in [0.15, 0.2) is 55.0 Å². The zero-order chi connectivity index (χ0) is 32.7. The van der Waals surface area contributed by atoms with Gasteiger partial charge in [-0.1, -0.05) is 48.1 Å². The Morgan fingerprint density at radius 1 is 1.00 bits per heavy atom. The van der Waals surface area contributed by atoms with Crippen LogP contribution in [0.25, 0.3) is 28.0 Å². The van der Waals surface area contributed by atoms with Gasteiger partial charge in [-0.3, -0.25) is 4.40 Å². The number of anilines is 3. The van der Waals surface area contributed by atoms with E-state index in [2.05, 4.69) is 22.3 Å². The second-order valence-corrected chi connectivity index (χ2v) is 13.0. The molecule has 1 N–H and O–H groups in total. The first-order chi connectivity index (χ1) is 22.8. The molecule has 12 nitrogen and oxygen atoms in total. The number of piperazine rings is 1. The fourth-order valence-electron chi connectivity index (χ4n) is 6.22. The third kappa shape index (κ3) is 5.86. The number of aliphatic hydroxyl groups is 1. The monoisotopic (exact) mass is 648 g/mol. The highest BCUT2D eigenvalue weighted by atomic mass is 32.1. The summed E-state index contributed by atoms with van der Waals surface area (Å²) < 4.78 is 2.07. The maximum absolute atomic E-state index is 12.8. The van der Waals surface area contributed by atoms with Crippen LogP contribution < -0.4 is 9.80 Å².